The molecule has 2 saturated heterocycles. The van der Waals surface area contributed by atoms with Crippen LogP contribution in [-0.4, -0.2) is 80.9 Å². The number of H-pyrrole nitrogens is 1. The number of hydrogen-bond donors (Lipinski definition) is 4. The third kappa shape index (κ3) is 4.63. The fraction of sp³-hybridized carbons (Fsp3) is 0.423. The molecule has 2 fully saturated rings. The van der Waals surface area contributed by atoms with Gasteiger partial charge in [0.2, 0.25) is 11.8 Å². The molecule has 0 aliphatic carbocycles. The second-order valence-corrected chi connectivity index (χ2v) is 11.1. The summed E-state index contributed by atoms with van der Waals surface area (Å²) in [6.07, 6.45) is -8.03. The Morgan fingerprint density at radius 3 is 2.16 bits per heavy atom. The highest BCUT2D eigenvalue weighted by Crippen LogP contribution is 2.50. The fourth-order valence-electron chi connectivity index (χ4n) is 6.34. The average Bonchev–Trinajstić information content (AvgIpc) is 3.66. The Labute approximate surface area is 248 Å². The van der Waals surface area contributed by atoms with Gasteiger partial charge in [0.25, 0.3) is 11.5 Å². The van der Waals surface area contributed by atoms with Crippen molar-refractivity contribution in [2.24, 2.45) is 0 Å². The number of nitrogens with zero attached hydrogens (tertiary/aromatic N) is 7. The van der Waals surface area contributed by atoms with Crippen LogP contribution in [0.25, 0.3) is 16.8 Å². The molecule has 238 valence electrons. The van der Waals surface area contributed by atoms with Crippen molar-refractivity contribution in [3.05, 3.63) is 47.3 Å². The van der Waals surface area contributed by atoms with Gasteiger partial charge in [-0.25, -0.2) is 4.98 Å². The maximum absolute atomic E-state index is 13.3. The SMILES string of the molecule is CC(=O)c1c([C@@H]2C[C@H]3CC[C@@H](C2)N3C(=O)c2nnc(N)[nH]2)nc2c(-c3ccc(C(O)(C(F)(F)F)C(F)(F)F)nc3)cnn2c1N. The number of nitrogens with one attached hydrogen (secondary N) is 1. The number of carbonyl (C=O) groups is 2. The van der Waals surface area contributed by atoms with Crippen molar-refractivity contribution in [3.63, 3.8) is 0 Å². The van der Waals surface area contributed by atoms with Crippen LogP contribution in [0.3, 0.4) is 0 Å². The zero-order valence-electron chi connectivity index (χ0n) is 23.2. The number of Topliss-reactive ketones (excluding diaryl/α,β-unsaturated/α-hetero) is 1. The quantitative estimate of drug-likeness (QED) is 0.186. The molecule has 2 aliphatic rings. The zero-order chi connectivity index (χ0) is 32.6. The van der Waals surface area contributed by atoms with Crippen molar-refractivity contribution >= 4 is 29.1 Å². The van der Waals surface area contributed by atoms with E-state index in [2.05, 4.69) is 25.3 Å². The van der Waals surface area contributed by atoms with Gasteiger partial charge in [0.05, 0.1) is 23.1 Å². The van der Waals surface area contributed by atoms with E-state index in [-0.39, 0.29) is 63.8 Å². The van der Waals surface area contributed by atoms with Gasteiger partial charge in [0.1, 0.15) is 5.82 Å². The molecular formula is C26H24F6N10O3. The van der Waals surface area contributed by atoms with Gasteiger partial charge < -0.3 is 26.5 Å². The number of pyridine rings is 1. The molecule has 2 aliphatic heterocycles. The summed E-state index contributed by atoms with van der Waals surface area (Å²) in [5, 5.41) is 21.3. The van der Waals surface area contributed by atoms with E-state index < -0.39 is 29.4 Å². The molecule has 2 bridgehead atoms. The van der Waals surface area contributed by atoms with Crippen molar-refractivity contribution in [2.75, 3.05) is 11.5 Å². The minimum Gasteiger partial charge on any atom is -0.383 e. The Bertz CT molecular complexity index is 1790. The van der Waals surface area contributed by atoms with E-state index in [9.17, 15) is 41.0 Å². The summed E-state index contributed by atoms with van der Waals surface area (Å²) in [7, 11) is 0. The van der Waals surface area contributed by atoms with E-state index >= 15 is 0 Å². The van der Waals surface area contributed by atoms with Crippen LogP contribution >= 0.6 is 0 Å². The maximum Gasteiger partial charge on any atom is 0.432 e. The Kier molecular flexibility index (Phi) is 6.79. The van der Waals surface area contributed by atoms with E-state index in [0.29, 0.717) is 37.4 Å². The van der Waals surface area contributed by atoms with Crippen LogP contribution in [0.15, 0.2) is 24.5 Å². The Balaban J connectivity index is 1.38. The van der Waals surface area contributed by atoms with Crippen LogP contribution in [0.1, 0.15) is 70.9 Å². The number of carbonyl (C=O) groups excluding carboxylic acids is 2. The van der Waals surface area contributed by atoms with E-state index in [1.165, 1.54) is 13.1 Å². The zero-order valence-corrected chi connectivity index (χ0v) is 23.2. The number of piperidine rings is 1. The second-order valence-electron chi connectivity index (χ2n) is 11.1. The minimum atomic E-state index is -6.10. The van der Waals surface area contributed by atoms with Crippen molar-refractivity contribution < 1.29 is 41.0 Å². The molecule has 1 amide bonds. The molecule has 0 radical (unpaired) electrons. The molecule has 0 saturated carbocycles. The van der Waals surface area contributed by atoms with E-state index in [1.807, 2.05) is 0 Å². The average molecular weight is 639 g/mol. The number of halogens is 6. The van der Waals surface area contributed by atoms with Crippen LogP contribution in [-0.2, 0) is 5.60 Å². The molecule has 6 heterocycles. The van der Waals surface area contributed by atoms with Crippen LogP contribution in [0.5, 0.6) is 0 Å². The molecule has 4 aromatic rings. The predicted molar refractivity (Wildman–Crippen MR) is 142 cm³/mol. The number of aliphatic hydroxyl groups is 1. The Hall–Kier alpha value is -4.81. The summed E-state index contributed by atoms with van der Waals surface area (Å²) in [5.74, 6) is -1.17. The lowest BCUT2D eigenvalue weighted by molar-refractivity contribution is -0.377. The third-order valence-corrected chi connectivity index (χ3v) is 8.39. The summed E-state index contributed by atoms with van der Waals surface area (Å²) in [5.41, 5.74) is 5.79. The molecule has 4 aromatic heterocycles. The molecule has 6 rings (SSSR count). The van der Waals surface area contributed by atoms with Crippen LogP contribution in [0, 0.1) is 0 Å². The van der Waals surface area contributed by atoms with Gasteiger partial charge in [-0.2, -0.15) is 36.0 Å². The van der Waals surface area contributed by atoms with Crippen LogP contribution < -0.4 is 11.5 Å². The molecule has 0 unspecified atom stereocenters. The molecule has 6 N–H and O–H groups in total. The van der Waals surface area contributed by atoms with Crippen molar-refractivity contribution in [2.45, 2.75) is 68.6 Å². The predicted octanol–water partition coefficient (Wildman–Crippen LogP) is 3.14. The molecular weight excluding hydrogens is 614 g/mol. The molecule has 13 nitrogen and oxygen atoms in total. The van der Waals surface area contributed by atoms with Crippen molar-refractivity contribution in [1.82, 2.24) is 39.7 Å². The Morgan fingerprint density at radius 1 is 1.00 bits per heavy atom. The largest absolute Gasteiger partial charge is 0.432 e. The number of hydrogen-bond acceptors (Lipinski definition) is 10. The van der Waals surface area contributed by atoms with E-state index in [1.54, 1.807) is 4.90 Å². The molecule has 19 heteroatoms. The number of aromatic nitrogens is 7. The van der Waals surface area contributed by atoms with Crippen molar-refractivity contribution in [1.29, 1.82) is 0 Å². The monoisotopic (exact) mass is 638 g/mol. The van der Waals surface area contributed by atoms with Crippen molar-refractivity contribution in [3.8, 4) is 11.1 Å². The lowest BCUT2D eigenvalue weighted by atomic mass is 9.85. The smallest absolute Gasteiger partial charge is 0.383 e. The number of anilines is 2. The summed E-state index contributed by atoms with van der Waals surface area (Å²) in [4.78, 5) is 38.3. The molecule has 0 aromatic carbocycles. The number of ketones is 1. The van der Waals surface area contributed by atoms with Gasteiger partial charge >= 0.3 is 12.4 Å². The minimum absolute atomic E-state index is 0.00231. The number of nitrogens with two attached hydrogens (primary N) is 2. The summed E-state index contributed by atoms with van der Waals surface area (Å²) < 4.78 is 81.2. The van der Waals surface area contributed by atoms with Gasteiger partial charge in [0, 0.05) is 35.3 Å². The van der Waals surface area contributed by atoms with Gasteiger partial charge in [-0.05, 0) is 38.7 Å². The number of rotatable bonds is 5. The number of amides is 1. The standard InChI is InChI=1S/C26H24F6N10O3/c1-10(43)17-18(12-6-13-3-4-14(7-12)41(13)22(44)20-38-23(34)40-39-20)37-21-15(9-36-42(21)19(17)33)11-2-5-16(35-8-11)24(45,25(27,28)29)26(30,31)32/h2,5,8-9,12-14,45H,3-4,6-7,33H2,1H3,(H3,34,38,39,40)/t12-,13-,14+. The van der Waals surface area contributed by atoms with Gasteiger partial charge in [-0.3, -0.25) is 14.6 Å². The molecule has 0 spiro atoms. The number of nitrogen functional groups attached to an aromatic ring is 2. The summed E-state index contributed by atoms with van der Waals surface area (Å²) in [6.45, 7) is 1.31. The first-order valence-corrected chi connectivity index (χ1v) is 13.5. The number of aromatic amines is 1. The normalized spacial score (nSPS) is 20.6. The van der Waals surface area contributed by atoms with Gasteiger partial charge in [-0.15, -0.1) is 10.2 Å². The lowest BCUT2D eigenvalue weighted by Gasteiger charge is -2.38. The topological polar surface area (TPSA) is 194 Å². The summed E-state index contributed by atoms with van der Waals surface area (Å²) in [6, 6.07) is 0.877. The summed E-state index contributed by atoms with van der Waals surface area (Å²) >= 11 is 0. The first kappa shape index (κ1) is 30.2. The van der Waals surface area contributed by atoms with E-state index in [4.69, 9.17) is 16.5 Å². The maximum atomic E-state index is 13.3. The highest BCUT2D eigenvalue weighted by Gasteiger charge is 2.72. The highest BCUT2D eigenvalue weighted by molar-refractivity contribution is 6.00. The molecule has 45 heavy (non-hydrogen) atoms. The number of fused-ring (bicyclic) bond motifs is 3. The van der Waals surface area contributed by atoms with E-state index in [0.717, 1.165) is 16.8 Å². The first-order chi connectivity index (χ1) is 21.0. The third-order valence-electron chi connectivity index (χ3n) is 8.39. The van der Waals surface area contributed by atoms with Gasteiger partial charge in [0.15, 0.2) is 11.4 Å². The fourth-order valence-corrected chi connectivity index (χ4v) is 6.34. The lowest BCUT2D eigenvalue weighted by Crippen LogP contribution is -2.54. The number of alkyl halides is 6. The molecule has 3 atom stereocenters. The second kappa shape index (κ2) is 10.1. The highest BCUT2D eigenvalue weighted by atomic mass is 19.4. The first-order valence-electron chi connectivity index (χ1n) is 13.5. The Morgan fingerprint density at radius 2 is 1.64 bits per heavy atom. The van der Waals surface area contributed by atoms with Crippen LogP contribution in [0.2, 0.25) is 0 Å². The van der Waals surface area contributed by atoms with Crippen LogP contribution in [0.4, 0.5) is 38.1 Å². The van der Waals surface area contributed by atoms with Gasteiger partial charge in [-0.1, -0.05) is 6.07 Å².